The number of rotatable bonds is 1. The zero-order valence-electron chi connectivity index (χ0n) is 9.09. The molecule has 0 radical (unpaired) electrons. The van der Waals surface area contributed by atoms with Gasteiger partial charge in [-0.05, 0) is 40.9 Å². The molecule has 1 aromatic carbocycles. The van der Waals surface area contributed by atoms with E-state index in [4.69, 9.17) is 14.2 Å². The van der Waals surface area contributed by atoms with Crippen LogP contribution < -0.4 is 14.2 Å². The lowest BCUT2D eigenvalue weighted by molar-refractivity contribution is -0.0725. The van der Waals surface area contributed by atoms with Crippen molar-refractivity contribution < 1.29 is 14.2 Å². The Kier molecular flexibility index (Phi) is 2.28. The molecule has 0 saturated heterocycles. The molecule has 0 amide bonds. The number of hydrogen-bond acceptors (Lipinski definition) is 3. The molecule has 1 aliphatic heterocycles. The second-order valence-corrected chi connectivity index (χ2v) is 5.08. The van der Waals surface area contributed by atoms with E-state index < -0.39 is 5.79 Å². The first-order valence-electron chi connectivity index (χ1n) is 5.49. The Bertz CT molecular complexity index is 425. The Morgan fingerprint density at radius 2 is 1.88 bits per heavy atom. The Morgan fingerprint density at radius 1 is 1.19 bits per heavy atom. The summed E-state index contributed by atoms with van der Waals surface area (Å²) in [4.78, 5) is 0. The van der Waals surface area contributed by atoms with Crippen molar-refractivity contribution in [2.24, 2.45) is 0 Å². The van der Waals surface area contributed by atoms with Gasteiger partial charge >= 0.3 is 0 Å². The van der Waals surface area contributed by atoms with E-state index in [2.05, 4.69) is 15.9 Å². The minimum atomic E-state index is -0.431. The van der Waals surface area contributed by atoms with Crippen LogP contribution in [-0.2, 0) is 0 Å². The Balaban J connectivity index is 2.04. The summed E-state index contributed by atoms with van der Waals surface area (Å²) in [6, 6.07) is 3.81. The highest BCUT2D eigenvalue weighted by Crippen LogP contribution is 2.53. The van der Waals surface area contributed by atoms with Crippen molar-refractivity contribution in [1.29, 1.82) is 0 Å². The van der Waals surface area contributed by atoms with Gasteiger partial charge in [-0.15, -0.1) is 0 Å². The fourth-order valence-corrected chi connectivity index (χ4v) is 2.78. The first-order valence-corrected chi connectivity index (χ1v) is 6.28. The largest absolute Gasteiger partial charge is 0.493 e. The summed E-state index contributed by atoms with van der Waals surface area (Å²) in [5, 5.41) is 0. The van der Waals surface area contributed by atoms with Crippen molar-refractivity contribution in [3.63, 3.8) is 0 Å². The molecular weight excluding hydrogens is 272 g/mol. The smallest absolute Gasteiger partial charge is 0.251 e. The number of halogens is 1. The van der Waals surface area contributed by atoms with Gasteiger partial charge in [-0.2, -0.15) is 0 Å². The molecule has 0 bridgehead atoms. The van der Waals surface area contributed by atoms with Gasteiger partial charge in [0.25, 0.3) is 5.79 Å². The monoisotopic (exact) mass is 284 g/mol. The summed E-state index contributed by atoms with van der Waals surface area (Å²) in [5.74, 6) is 1.82. The van der Waals surface area contributed by atoms with Crippen LogP contribution in [0.15, 0.2) is 16.6 Å². The third kappa shape index (κ3) is 1.39. The Hall–Kier alpha value is -0.900. The predicted molar refractivity (Wildman–Crippen MR) is 63.1 cm³/mol. The molecule has 1 heterocycles. The van der Waals surface area contributed by atoms with Gasteiger partial charge in [0.2, 0.25) is 5.75 Å². The molecule has 86 valence electrons. The van der Waals surface area contributed by atoms with Gasteiger partial charge in [0.1, 0.15) is 0 Å². The summed E-state index contributed by atoms with van der Waals surface area (Å²) < 4.78 is 18.2. The summed E-state index contributed by atoms with van der Waals surface area (Å²) in [6.45, 7) is 0. The summed E-state index contributed by atoms with van der Waals surface area (Å²) in [5.41, 5.74) is 0. The van der Waals surface area contributed by atoms with Crippen LogP contribution in [0, 0.1) is 0 Å². The van der Waals surface area contributed by atoms with Crippen molar-refractivity contribution in [1.82, 2.24) is 0 Å². The fourth-order valence-electron chi connectivity index (χ4n) is 2.38. The molecular formula is C12H13BrO3. The lowest BCUT2D eigenvalue weighted by atomic mass is 10.2. The third-order valence-electron chi connectivity index (χ3n) is 3.19. The standard InChI is InChI=1S/C12H13BrO3/c1-14-9-5-4-8(13)10-11(9)16-12(15-10)6-2-3-7-12/h4-5H,2-3,6-7H2,1H3. The summed E-state index contributed by atoms with van der Waals surface area (Å²) in [7, 11) is 1.65. The maximum absolute atomic E-state index is 5.98. The molecule has 16 heavy (non-hydrogen) atoms. The minimum absolute atomic E-state index is 0.431. The molecule has 0 N–H and O–H groups in total. The van der Waals surface area contributed by atoms with Crippen LogP contribution in [0.2, 0.25) is 0 Å². The van der Waals surface area contributed by atoms with E-state index in [1.165, 1.54) is 0 Å². The molecule has 2 aliphatic rings. The predicted octanol–water partition coefficient (Wildman–Crippen LogP) is 3.50. The minimum Gasteiger partial charge on any atom is -0.493 e. The number of benzene rings is 1. The van der Waals surface area contributed by atoms with Crippen LogP contribution in [0.1, 0.15) is 25.7 Å². The summed E-state index contributed by atoms with van der Waals surface area (Å²) >= 11 is 3.48. The highest BCUT2D eigenvalue weighted by Gasteiger charge is 2.46. The van der Waals surface area contributed by atoms with Crippen molar-refractivity contribution in [3.8, 4) is 17.2 Å². The molecule has 0 aromatic heterocycles. The van der Waals surface area contributed by atoms with Crippen molar-refractivity contribution in [2.45, 2.75) is 31.5 Å². The van der Waals surface area contributed by atoms with E-state index >= 15 is 0 Å². The van der Waals surface area contributed by atoms with Crippen LogP contribution in [0.4, 0.5) is 0 Å². The van der Waals surface area contributed by atoms with Crippen LogP contribution >= 0.6 is 15.9 Å². The Morgan fingerprint density at radius 3 is 2.56 bits per heavy atom. The van der Waals surface area contributed by atoms with Gasteiger partial charge in [-0.25, -0.2) is 0 Å². The molecule has 1 saturated carbocycles. The number of methoxy groups -OCH3 is 1. The highest BCUT2D eigenvalue weighted by molar-refractivity contribution is 9.10. The molecule has 1 spiro atoms. The molecule has 0 unspecified atom stereocenters. The second kappa shape index (κ2) is 3.55. The number of ether oxygens (including phenoxy) is 3. The lowest BCUT2D eigenvalue weighted by Crippen LogP contribution is -2.34. The van der Waals surface area contributed by atoms with Gasteiger partial charge < -0.3 is 14.2 Å². The molecule has 4 heteroatoms. The maximum atomic E-state index is 5.98. The maximum Gasteiger partial charge on any atom is 0.251 e. The molecule has 3 nitrogen and oxygen atoms in total. The lowest BCUT2D eigenvalue weighted by Gasteiger charge is -2.21. The fraction of sp³-hybridized carbons (Fsp3) is 0.500. The van der Waals surface area contributed by atoms with E-state index in [0.717, 1.165) is 47.4 Å². The van der Waals surface area contributed by atoms with E-state index in [9.17, 15) is 0 Å². The number of hydrogen-bond donors (Lipinski definition) is 0. The van der Waals surface area contributed by atoms with Gasteiger partial charge in [0.15, 0.2) is 11.5 Å². The topological polar surface area (TPSA) is 27.7 Å². The quantitative estimate of drug-likeness (QED) is 0.790. The molecule has 1 aromatic rings. The van der Waals surface area contributed by atoms with E-state index in [0.29, 0.717) is 0 Å². The van der Waals surface area contributed by atoms with Gasteiger partial charge in [-0.1, -0.05) is 0 Å². The van der Waals surface area contributed by atoms with E-state index in [1.807, 2.05) is 12.1 Å². The van der Waals surface area contributed by atoms with Gasteiger partial charge in [0.05, 0.1) is 11.6 Å². The van der Waals surface area contributed by atoms with E-state index in [1.54, 1.807) is 7.11 Å². The van der Waals surface area contributed by atoms with Crippen LogP contribution in [0.25, 0.3) is 0 Å². The zero-order valence-corrected chi connectivity index (χ0v) is 10.7. The first kappa shape index (κ1) is 10.3. The van der Waals surface area contributed by atoms with Crippen molar-refractivity contribution in [3.05, 3.63) is 16.6 Å². The van der Waals surface area contributed by atoms with Crippen molar-refractivity contribution in [2.75, 3.05) is 7.11 Å². The average molecular weight is 285 g/mol. The molecule has 0 atom stereocenters. The highest BCUT2D eigenvalue weighted by atomic mass is 79.9. The molecule has 3 rings (SSSR count). The van der Waals surface area contributed by atoms with E-state index in [-0.39, 0.29) is 0 Å². The number of fused-ring (bicyclic) bond motifs is 1. The van der Waals surface area contributed by atoms with Crippen LogP contribution in [-0.4, -0.2) is 12.9 Å². The van der Waals surface area contributed by atoms with Crippen molar-refractivity contribution >= 4 is 15.9 Å². The third-order valence-corrected chi connectivity index (χ3v) is 3.81. The van der Waals surface area contributed by atoms with Crippen LogP contribution in [0.5, 0.6) is 17.2 Å². The normalized spacial score (nSPS) is 20.4. The second-order valence-electron chi connectivity index (χ2n) is 4.23. The summed E-state index contributed by atoms with van der Waals surface area (Å²) in [6.07, 6.45) is 4.23. The molecule has 1 fully saturated rings. The van der Waals surface area contributed by atoms with Crippen LogP contribution in [0.3, 0.4) is 0 Å². The first-order chi connectivity index (χ1) is 7.74. The van der Waals surface area contributed by atoms with Gasteiger partial charge in [-0.3, -0.25) is 0 Å². The SMILES string of the molecule is COc1ccc(Br)c2c1OC1(CCCC1)O2. The average Bonchev–Trinajstić information content (AvgIpc) is 2.88. The Labute approximate surface area is 103 Å². The zero-order chi connectivity index (χ0) is 11.2. The van der Waals surface area contributed by atoms with Gasteiger partial charge in [0, 0.05) is 12.8 Å². The molecule has 1 aliphatic carbocycles.